The first-order valence-electron chi connectivity index (χ1n) is 8.38. The molecule has 122 valence electrons. The van der Waals surface area contributed by atoms with Crippen molar-refractivity contribution in [3.8, 4) is 0 Å². The summed E-state index contributed by atoms with van der Waals surface area (Å²) in [5.41, 5.74) is 3.69. The van der Waals surface area contributed by atoms with Crippen molar-refractivity contribution < 1.29 is 0 Å². The smallest absolute Gasteiger partial charge is 0.133 e. The molecule has 0 radical (unpaired) electrons. The van der Waals surface area contributed by atoms with Gasteiger partial charge in [0.15, 0.2) is 0 Å². The summed E-state index contributed by atoms with van der Waals surface area (Å²) in [5, 5.41) is 6.74. The van der Waals surface area contributed by atoms with Crippen LogP contribution in [0.15, 0.2) is 41.9 Å². The lowest BCUT2D eigenvalue weighted by Gasteiger charge is -2.23. The summed E-state index contributed by atoms with van der Waals surface area (Å²) in [7, 11) is 0. The highest BCUT2D eigenvalue weighted by atomic mass is 32.1. The lowest BCUT2D eigenvalue weighted by molar-refractivity contribution is 0.658. The molecule has 1 N–H and O–H groups in total. The number of thiazole rings is 1. The standard InChI is InChI=1S/C19H20N4S/c1-13-21-16-10-6-5-9-15(16)18(22-13)23-17(19-20-11-12-24-19)14-7-3-2-4-8-14/h2-4,7-8,11-12,17H,5-6,9-10H2,1H3,(H,21,22,23). The molecule has 3 aromatic rings. The van der Waals surface area contributed by atoms with Crippen LogP contribution >= 0.6 is 11.3 Å². The Morgan fingerprint density at radius 1 is 1.08 bits per heavy atom. The van der Waals surface area contributed by atoms with E-state index >= 15 is 0 Å². The predicted molar refractivity (Wildman–Crippen MR) is 97.4 cm³/mol. The number of aromatic nitrogens is 3. The average Bonchev–Trinajstić information content (AvgIpc) is 3.14. The van der Waals surface area contributed by atoms with Crippen molar-refractivity contribution in [3.63, 3.8) is 0 Å². The highest BCUT2D eigenvalue weighted by molar-refractivity contribution is 7.09. The van der Waals surface area contributed by atoms with Crippen molar-refractivity contribution in [2.24, 2.45) is 0 Å². The van der Waals surface area contributed by atoms with E-state index in [0.29, 0.717) is 0 Å². The fraction of sp³-hybridized carbons (Fsp3) is 0.316. The number of nitrogens with zero attached hydrogens (tertiary/aromatic N) is 3. The third-order valence-electron chi connectivity index (χ3n) is 4.41. The quantitative estimate of drug-likeness (QED) is 0.771. The Labute approximate surface area is 146 Å². The zero-order chi connectivity index (χ0) is 16.4. The van der Waals surface area contributed by atoms with Gasteiger partial charge in [-0.15, -0.1) is 11.3 Å². The van der Waals surface area contributed by atoms with Crippen LogP contribution in [0, 0.1) is 6.92 Å². The lowest BCUT2D eigenvalue weighted by atomic mass is 9.96. The van der Waals surface area contributed by atoms with Crippen molar-refractivity contribution >= 4 is 17.2 Å². The van der Waals surface area contributed by atoms with E-state index in [0.717, 1.165) is 29.5 Å². The molecule has 2 heterocycles. The fourth-order valence-corrected chi connectivity index (χ4v) is 4.00. The normalized spacial score (nSPS) is 14.9. The first-order valence-corrected chi connectivity index (χ1v) is 9.26. The highest BCUT2D eigenvalue weighted by Gasteiger charge is 2.22. The minimum Gasteiger partial charge on any atom is -0.356 e. The van der Waals surface area contributed by atoms with Gasteiger partial charge in [0.05, 0.1) is 0 Å². The van der Waals surface area contributed by atoms with Crippen LogP contribution in [0.2, 0.25) is 0 Å². The largest absolute Gasteiger partial charge is 0.356 e. The third-order valence-corrected chi connectivity index (χ3v) is 5.25. The molecule has 4 nitrogen and oxygen atoms in total. The Morgan fingerprint density at radius 3 is 2.71 bits per heavy atom. The topological polar surface area (TPSA) is 50.7 Å². The number of fused-ring (bicyclic) bond motifs is 1. The summed E-state index contributed by atoms with van der Waals surface area (Å²) >= 11 is 1.67. The molecule has 4 rings (SSSR count). The van der Waals surface area contributed by atoms with Crippen LogP contribution in [0.4, 0.5) is 5.82 Å². The van der Waals surface area contributed by atoms with Gasteiger partial charge in [-0.1, -0.05) is 30.3 Å². The first kappa shape index (κ1) is 15.3. The number of nitrogens with one attached hydrogen (secondary N) is 1. The van der Waals surface area contributed by atoms with Gasteiger partial charge in [0.2, 0.25) is 0 Å². The predicted octanol–water partition coefficient (Wildman–Crippen LogP) is 4.32. The van der Waals surface area contributed by atoms with Crippen LogP contribution in [0.25, 0.3) is 0 Å². The Hall–Kier alpha value is -2.27. The Balaban J connectivity index is 1.75. The molecule has 2 aromatic heterocycles. The number of benzene rings is 1. The van der Waals surface area contributed by atoms with Crippen LogP contribution in [-0.4, -0.2) is 15.0 Å². The van der Waals surface area contributed by atoms with Gasteiger partial charge in [0.1, 0.15) is 22.7 Å². The van der Waals surface area contributed by atoms with Gasteiger partial charge in [0.25, 0.3) is 0 Å². The van der Waals surface area contributed by atoms with E-state index in [-0.39, 0.29) is 6.04 Å². The van der Waals surface area contributed by atoms with E-state index in [4.69, 9.17) is 4.98 Å². The number of anilines is 1. The number of aryl methyl sites for hydroxylation is 2. The molecule has 0 spiro atoms. The molecule has 0 amide bonds. The monoisotopic (exact) mass is 336 g/mol. The molecule has 24 heavy (non-hydrogen) atoms. The number of rotatable bonds is 4. The summed E-state index contributed by atoms with van der Waals surface area (Å²) in [4.78, 5) is 13.9. The second-order valence-corrected chi connectivity index (χ2v) is 7.04. The van der Waals surface area contributed by atoms with Crippen molar-refractivity contribution in [1.29, 1.82) is 0 Å². The number of hydrogen-bond acceptors (Lipinski definition) is 5. The van der Waals surface area contributed by atoms with E-state index in [1.54, 1.807) is 11.3 Å². The van der Waals surface area contributed by atoms with E-state index < -0.39 is 0 Å². The van der Waals surface area contributed by atoms with Crippen LogP contribution in [0.3, 0.4) is 0 Å². The van der Waals surface area contributed by atoms with Gasteiger partial charge in [-0.05, 0) is 38.2 Å². The minimum absolute atomic E-state index is 0.0199. The molecule has 0 fully saturated rings. The van der Waals surface area contributed by atoms with Crippen molar-refractivity contribution in [3.05, 3.63) is 69.6 Å². The molecule has 5 heteroatoms. The van der Waals surface area contributed by atoms with Crippen LogP contribution in [-0.2, 0) is 12.8 Å². The summed E-state index contributed by atoms with van der Waals surface area (Å²) in [6.45, 7) is 1.97. The van der Waals surface area contributed by atoms with Crippen LogP contribution < -0.4 is 5.32 Å². The fourth-order valence-electron chi connectivity index (χ4n) is 3.28. The van der Waals surface area contributed by atoms with Gasteiger partial charge < -0.3 is 5.32 Å². The maximum atomic E-state index is 4.72. The van der Waals surface area contributed by atoms with Crippen molar-refractivity contribution in [2.75, 3.05) is 5.32 Å². The molecule has 0 aliphatic heterocycles. The molecule has 0 saturated carbocycles. The highest BCUT2D eigenvalue weighted by Crippen LogP contribution is 2.31. The molecule has 1 aliphatic rings. The van der Waals surface area contributed by atoms with E-state index in [9.17, 15) is 0 Å². The van der Waals surface area contributed by atoms with E-state index in [1.807, 2.05) is 24.6 Å². The maximum Gasteiger partial charge on any atom is 0.133 e. The summed E-state index contributed by atoms with van der Waals surface area (Å²) in [5.74, 6) is 1.81. The number of hydrogen-bond donors (Lipinski definition) is 1. The van der Waals surface area contributed by atoms with Crippen molar-refractivity contribution in [2.45, 2.75) is 38.6 Å². The van der Waals surface area contributed by atoms with Crippen molar-refractivity contribution in [1.82, 2.24) is 15.0 Å². The second-order valence-electron chi connectivity index (χ2n) is 6.11. The Kier molecular flexibility index (Phi) is 4.26. The molecule has 1 aromatic carbocycles. The lowest BCUT2D eigenvalue weighted by Crippen LogP contribution is -2.18. The summed E-state index contributed by atoms with van der Waals surface area (Å²) in [6, 6.07) is 10.5. The molecule has 0 bridgehead atoms. The zero-order valence-corrected chi connectivity index (χ0v) is 14.5. The molecular weight excluding hydrogens is 316 g/mol. The molecule has 1 unspecified atom stereocenters. The van der Waals surface area contributed by atoms with E-state index in [1.165, 1.54) is 29.7 Å². The van der Waals surface area contributed by atoms with Crippen LogP contribution in [0.5, 0.6) is 0 Å². The second kappa shape index (κ2) is 6.69. The van der Waals surface area contributed by atoms with Gasteiger partial charge in [-0.25, -0.2) is 15.0 Å². The van der Waals surface area contributed by atoms with Gasteiger partial charge in [0, 0.05) is 22.8 Å². The van der Waals surface area contributed by atoms with Gasteiger partial charge in [-0.2, -0.15) is 0 Å². The molecular formula is C19H20N4S. The first-order chi connectivity index (χ1) is 11.8. The van der Waals surface area contributed by atoms with Crippen LogP contribution in [0.1, 0.15) is 46.5 Å². The third kappa shape index (κ3) is 3.04. The summed E-state index contributed by atoms with van der Waals surface area (Å²) in [6.07, 6.45) is 6.40. The maximum absolute atomic E-state index is 4.72. The van der Waals surface area contributed by atoms with E-state index in [2.05, 4.69) is 39.6 Å². The summed E-state index contributed by atoms with van der Waals surface area (Å²) < 4.78 is 0. The zero-order valence-electron chi connectivity index (χ0n) is 13.7. The Morgan fingerprint density at radius 2 is 1.92 bits per heavy atom. The molecule has 1 aliphatic carbocycles. The van der Waals surface area contributed by atoms with Gasteiger partial charge in [-0.3, -0.25) is 0 Å². The average molecular weight is 336 g/mol. The SMILES string of the molecule is Cc1nc2c(c(NC(c3ccccc3)c3nccs3)n1)CCCC2. The minimum atomic E-state index is 0.0199. The molecule has 1 atom stereocenters. The van der Waals surface area contributed by atoms with Gasteiger partial charge >= 0.3 is 0 Å². The Bertz CT molecular complexity index is 815. The molecule has 0 saturated heterocycles.